The third-order valence-corrected chi connectivity index (χ3v) is 9.85. The minimum absolute atomic E-state index is 0.162. The number of esters is 2. The number of carbonyl (C=O) groups excluding carboxylic acids is 2. The van der Waals surface area contributed by atoms with Crippen LogP contribution in [0.5, 0.6) is 0 Å². The van der Waals surface area contributed by atoms with Crippen molar-refractivity contribution in [3.8, 4) is 0 Å². The molecule has 308 valence electrons. The maximum atomic E-state index is 12.6. The molecular weight excluding hydrogens is 699 g/mol. The number of aliphatic hydroxyl groups is 2. The van der Waals surface area contributed by atoms with E-state index in [1.54, 1.807) is 0 Å². The molecule has 1 saturated heterocycles. The van der Waals surface area contributed by atoms with E-state index < -0.39 is 51.8 Å². The van der Waals surface area contributed by atoms with Crippen molar-refractivity contribution in [2.75, 3.05) is 26.4 Å². The first kappa shape index (κ1) is 49.2. The zero-order valence-electron chi connectivity index (χ0n) is 33.1. The van der Waals surface area contributed by atoms with Crippen molar-refractivity contribution in [1.82, 2.24) is 0 Å². The van der Waals surface area contributed by atoms with E-state index in [1.807, 2.05) is 6.08 Å². The van der Waals surface area contributed by atoms with Crippen LogP contribution in [0.15, 0.2) is 36.5 Å². The van der Waals surface area contributed by atoms with Gasteiger partial charge >= 0.3 is 19.8 Å². The molecule has 0 aliphatic carbocycles. The minimum atomic E-state index is -4.63. The molecule has 1 aliphatic rings. The maximum Gasteiger partial charge on any atom is 0.472 e. The number of allylic oxidation sites excluding steroid dienone is 5. The van der Waals surface area contributed by atoms with Gasteiger partial charge in [0.25, 0.3) is 0 Å². The lowest BCUT2D eigenvalue weighted by atomic mass is 10.0. The molecular formula is C41H73O11P. The Bertz CT molecular complexity index is 1060. The van der Waals surface area contributed by atoms with Crippen LogP contribution in [-0.4, -0.2) is 77.9 Å². The van der Waals surface area contributed by atoms with Crippen molar-refractivity contribution in [3.63, 3.8) is 0 Å². The summed E-state index contributed by atoms with van der Waals surface area (Å²) in [6, 6.07) is 0. The minimum Gasteiger partial charge on any atom is -0.462 e. The molecule has 1 heterocycles. The van der Waals surface area contributed by atoms with Gasteiger partial charge in [0.1, 0.15) is 12.7 Å². The zero-order chi connectivity index (χ0) is 39.0. The SMILES string of the molecule is CCCCCC1OC1C/C=C\C/C=C\C/C=C\CCCC(=O)OC[C@H](COP(=O)(O)OC[C@@H](O)CO)OC(=O)CCCCCCCCCCCC(C)C. The normalized spacial score (nSPS) is 18.2. The van der Waals surface area contributed by atoms with Crippen LogP contribution in [-0.2, 0) is 37.4 Å². The molecule has 0 aromatic carbocycles. The Balaban J connectivity index is 2.30. The largest absolute Gasteiger partial charge is 0.472 e. The molecule has 0 aromatic heterocycles. The predicted octanol–water partition coefficient (Wildman–Crippen LogP) is 9.23. The number of hydrogen-bond acceptors (Lipinski definition) is 10. The second kappa shape index (κ2) is 32.4. The number of carbonyl (C=O) groups is 2. The van der Waals surface area contributed by atoms with E-state index >= 15 is 0 Å². The molecule has 3 N–H and O–H groups in total. The number of phosphoric ester groups is 1. The van der Waals surface area contributed by atoms with E-state index in [-0.39, 0.29) is 19.4 Å². The Morgan fingerprint density at radius 1 is 0.736 bits per heavy atom. The summed E-state index contributed by atoms with van der Waals surface area (Å²) in [5.41, 5.74) is 0. The van der Waals surface area contributed by atoms with E-state index in [4.69, 9.17) is 23.8 Å². The Hall–Kier alpha value is -1.85. The number of aliphatic hydroxyl groups excluding tert-OH is 2. The highest BCUT2D eigenvalue weighted by Gasteiger charge is 2.36. The molecule has 1 aliphatic heterocycles. The molecule has 5 atom stereocenters. The summed E-state index contributed by atoms with van der Waals surface area (Å²) < 4.78 is 38.3. The molecule has 12 heteroatoms. The molecule has 0 radical (unpaired) electrons. The van der Waals surface area contributed by atoms with Crippen molar-refractivity contribution in [2.24, 2.45) is 5.92 Å². The quantitative estimate of drug-likeness (QED) is 0.0183. The average Bonchev–Trinajstić information content (AvgIpc) is 3.88. The van der Waals surface area contributed by atoms with E-state index in [2.05, 4.69) is 55.7 Å². The summed E-state index contributed by atoms with van der Waals surface area (Å²) in [4.78, 5) is 34.9. The van der Waals surface area contributed by atoms with Gasteiger partial charge in [-0.3, -0.25) is 18.6 Å². The summed E-state index contributed by atoms with van der Waals surface area (Å²) in [7, 11) is -4.63. The first-order valence-electron chi connectivity index (χ1n) is 20.4. The fraction of sp³-hybridized carbons (Fsp3) is 0.805. The van der Waals surface area contributed by atoms with Gasteiger partial charge in [0, 0.05) is 12.8 Å². The van der Waals surface area contributed by atoms with Crippen LogP contribution >= 0.6 is 7.82 Å². The van der Waals surface area contributed by atoms with Gasteiger partial charge < -0.3 is 29.3 Å². The molecule has 0 bridgehead atoms. The number of unbranched alkanes of at least 4 members (excludes halogenated alkanes) is 11. The van der Waals surface area contributed by atoms with Crippen LogP contribution in [0.25, 0.3) is 0 Å². The Labute approximate surface area is 320 Å². The Morgan fingerprint density at radius 2 is 1.34 bits per heavy atom. The topological polar surface area (TPSA) is 161 Å². The van der Waals surface area contributed by atoms with E-state index in [9.17, 15) is 24.2 Å². The fourth-order valence-electron chi connectivity index (χ4n) is 5.62. The molecule has 1 rings (SSSR count). The first-order chi connectivity index (χ1) is 25.6. The van der Waals surface area contributed by atoms with Gasteiger partial charge in [-0.05, 0) is 50.9 Å². The standard InChI is InChI=1S/C41H73O11P/c1-4-5-21-27-38-39(52-38)28-23-18-14-10-6-7-11-15-19-24-29-40(44)48-33-37(34-50-53(46,47)49-32-36(43)31-42)51-41(45)30-25-20-16-12-8-9-13-17-22-26-35(2)3/h6,10-11,15,18,23,35-39,42-43H,4-5,7-9,12-14,16-17,19-22,24-34H2,1-3H3,(H,46,47)/b10-6-,15-11-,23-18-/t36-,37+,38?,39?/m0/s1. The molecule has 0 amide bonds. The summed E-state index contributed by atoms with van der Waals surface area (Å²) in [6.45, 7) is 4.55. The number of ether oxygens (including phenoxy) is 3. The number of phosphoric acid groups is 1. The average molecular weight is 773 g/mol. The van der Waals surface area contributed by atoms with Crippen LogP contribution in [0.2, 0.25) is 0 Å². The van der Waals surface area contributed by atoms with Crippen molar-refractivity contribution in [2.45, 2.75) is 180 Å². The highest BCUT2D eigenvalue weighted by Crippen LogP contribution is 2.43. The summed E-state index contributed by atoms with van der Waals surface area (Å²) in [5, 5.41) is 18.3. The van der Waals surface area contributed by atoms with Crippen molar-refractivity contribution in [3.05, 3.63) is 36.5 Å². The molecule has 0 aromatic rings. The lowest BCUT2D eigenvalue weighted by molar-refractivity contribution is -0.161. The Morgan fingerprint density at radius 3 is 2.00 bits per heavy atom. The highest BCUT2D eigenvalue weighted by atomic mass is 31.2. The van der Waals surface area contributed by atoms with E-state index in [0.717, 1.165) is 44.4 Å². The van der Waals surface area contributed by atoms with Gasteiger partial charge in [-0.25, -0.2) is 4.57 Å². The van der Waals surface area contributed by atoms with E-state index in [0.29, 0.717) is 31.5 Å². The number of hydrogen-bond donors (Lipinski definition) is 3. The monoisotopic (exact) mass is 772 g/mol. The lowest BCUT2D eigenvalue weighted by Gasteiger charge is -2.20. The van der Waals surface area contributed by atoms with Crippen LogP contribution < -0.4 is 0 Å². The predicted molar refractivity (Wildman–Crippen MR) is 209 cm³/mol. The second-order valence-corrected chi connectivity index (χ2v) is 16.0. The van der Waals surface area contributed by atoms with Crippen LogP contribution in [0.4, 0.5) is 0 Å². The lowest BCUT2D eigenvalue weighted by Crippen LogP contribution is -2.29. The fourth-order valence-corrected chi connectivity index (χ4v) is 6.41. The smallest absolute Gasteiger partial charge is 0.462 e. The van der Waals surface area contributed by atoms with Crippen molar-refractivity contribution >= 4 is 19.8 Å². The van der Waals surface area contributed by atoms with Gasteiger partial charge in [0.15, 0.2) is 6.10 Å². The molecule has 0 spiro atoms. The third kappa shape index (κ3) is 31.1. The molecule has 1 fully saturated rings. The summed E-state index contributed by atoms with van der Waals surface area (Å²) in [5.74, 6) is -0.230. The summed E-state index contributed by atoms with van der Waals surface area (Å²) >= 11 is 0. The first-order valence-corrected chi connectivity index (χ1v) is 21.9. The molecule has 11 nitrogen and oxygen atoms in total. The van der Waals surface area contributed by atoms with Gasteiger partial charge in [-0.15, -0.1) is 0 Å². The van der Waals surface area contributed by atoms with Crippen molar-refractivity contribution < 1.29 is 52.5 Å². The van der Waals surface area contributed by atoms with Gasteiger partial charge in [0.2, 0.25) is 0 Å². The third-order valence-electron chi connectivity index (χ3n) is 8.90. The number of rotatable bonds is 36. The van der Waals surface area contributed by atoms with Gasteiger partial charge in [-0.1, -0.05) is 134 Å². The van der Waals surface area contributed by atoms with Crippen molar-refractivity contribution in [1.29, 1.82) is 0 Å². The Kier molecular flexibility index (Phi) is 30.1. The molecule has 3 unspecified atom stereocenters. The summed E-state index contributed by atoms with van der Waals surface area (Å²) in [6.07, 6.45) is 31.7. The van der Waals surface area contributed by atoms with Crippen LogP contribution in [0, 0.1) is 5.92 Å². The zero-order valence-corrected chi connectivity index (χ0v) is 34.0. The van der Waals surface area contributed by atoms with Gasteiger partial charge in [-0.2, -0.15) is 0 Å². The molecule has 53 heavy (non-hydrogen) atoms. The van der Waals surface area contributed by atoms with Crippen LogP contribution in [0.3, 0.4) is 0 Å². The molecule has 0 saturated carbocycles. The van der Waals surface area contributed by atoms with Crippen LogP contribution in [0.1, 0.15) is 156 Å². The highest BCUT2D eigenvalue weighted by molar-refractivity contribution is 7.47. The van der Waals surface area contributed by atoms with Gasteiger partial charge in [0.05, 0.1) is 32.0 Å². The maximum absolute atomic E-state index is 12.6. The second-order valence-electron chi connectivity index (χ2n) is 14.5. The number of epoxide rings is 1. The van der Waals surface area contributed by atoms with E-state index in [1.165, 1.54) is 64.2 Å².